The number of rotatable bonds is 0. The van der Waals surface area contributed by atoms with E-state index in [1.54, 1.807) is 0 Å². The first-order chi connectivity index (χ1) is 11.0. The van der Waals surface area contributed by atoms with E-state index in [1.165, 1.54) is 0 Å². The molecular formula is C20H30O4. The van der Waals surface area contributed by atoms with Crippen molar-refractivity contribution in [2.75, 3.05) is 0 Å². The lowest BCUT2D eigenvalue weighted by Crippen LogP contribution is -2.54. The highest BCUT2D eigenvalue weighted by Gasteiger charge is 2.64. The highest BCUT2D eigenvalue weighted by Crippen LogP contribution is 2.57. The van der Waals surface area contributed by atoms with E-state index in [4.69, 9.17) is 9.47 Å². The largest absolute Gasteiger partial charge is 0.385 e. The van der Waals surface area contributed by atoms with Crippen molar-refractivity contribution in [1.82, 2.24) is 0 Å². The number of hydrogen-bond acceptors (Lipinski definition) is 4. The lowest BCUT2D eigenvalue weighted by molar-refractivity contribution is -0.125. The van der Waals surface area contributed by atoms with Crippen molar-refractivity contribution in [3.8, 4) is 0 Å². The van der Waals surface area contributed by atoms with Gasteiger partial charge in [-0.15, -0.1) is 0 Å². The summed E-state index contributed by atoms with van der Waals surface area (Å²) in [7, 11) is 0. The third-order valence-corrected chi connectivity index (χ3v) is 7.87. The van der Waals surface area contributed by atoms with Gasteiger partial charge in [0.05, 0.1) is 17.3 Å². The molecule has 1 N–H and O–H groups in total. The SMILES string of the molecule is C[C@@H]1CC=C2C(=O)[C@H]3O[C@]3(C)CC[C@@H]3O[C@@]3(C)CC[C@]1(C)[C@@]2(C)O. The fraction of sp³-hybridized carbons (Fsp3) is 0.850. The van der Waals surface area contributed by atoms with Gasteiger partial charge >= 0.3 is 0 Å². The monoisotopic (exact) mass is 334 g/mol. The summed E-state index contributed by atoms with van der Waals surface area (Å²) < 4.78 is 11.8. The van der Waals surface area contributed by atoms with Gasteiger partial charge in [-0.2, -0.15) is 0 Å². The molecule has 2 bridgehead atoms. The molecule has 7 atom stereocenters. The molecule has 3 fully saturated rings. The van der Waals surface area contributed by atoms with Crippen LogP contribution in [-0.4, -0.2) is 39.9 Å². The summed E-state index contributed by atoms with van der Waals surface area (Å²) in [5.74, 6) is 0.306. The van der Waals surface area contributed by atoms with E-state index in [0.29, 0.717) is 11.5 Å². The maximum atomic E-state index is 13.1. The normalized spacial score (nSPS) is 57.0. The second-order valence-electron chi connectivity index (χ2n) is 9.38. The van der Waals surface area contributed by atoms with Gasteiger partial charge in [-0.3, -0.25) is 4.79 Å². The quantitative estimate of drug-likeness (QED) is 0.691. The summed E-state index contributed by atoms with van der Waals surface area (Å²) in [6, 6.07) is 0. The van der Waals surface area contributed by atoms with E-state index >= 15 is 0 Å². The molecule has 0 amide bonds. The molecule has 4 aliphatic rings. The summed E-state index contributed by atoms with van der Waals surface area (Å²) in [4.78, 5) is 13.1. The zero-order valence-electron chi connectivity index (χ0n) is 15.5. The minimum atomic E-state index is -1.13. The van der Waals surface area contributed by atoms with Crippen LogP contribution in [0.1, 0.15) is 66.7 Å². The maximum absolute atomic E-state index is 13.1. The molecule has 2 saturated heterocycles. The van der Waals surface area contributed by atoms with Gasteiger partial charge in [0, 0.05) is 11.0 Å². The van der Waals surface area contributed by atoms with Crippen molar-refractivity contribution >= 4 is 5.78 Å². The van der Waals surface area contributed by atoms with Gasteiger partial charge in [-0.05, 0) is 58.8 Å². The van der Waals surface area contributed by atoms with Crippen LogP contribution in [0.4, 0.5) is 0 Å². The zero-order valence-corrected chi connectivity index (χ0v) is 15.5. The average Bonchev–Trinajstić information content (AvgIpc) is 3.36. The van der Waals surface area contributed by atoms with E-state index in [9.17, 15) is 9.90 Å². The predicted octanol–water partition coefficient (Wildman–Crippen LogP) is 3.17. The highest BCUT2D eigenvalue weighted by atomic mass is 16.6. The molecule has 1 saturated carbocycles. The van der Waals surface area contributed by atoms with Gasteiger partial charge in [0.15, 0.2) is 5.78 Å². The van der Waals surface area contributed by atoms with Crippen molar-refractivity contribution in [2.45, 2.75) is 95.7 Å². The summed E-state index contributed by atoms with van der Waals surface area (Å²) in [6.45, 7) is 10.3. The van der Waals surface area contributed by atoms with Gasteiger partial charge in [0.2, 0.25) is 0 Å². The Morgan fingerprint density at radius 3 is 2.50 bits per heavy atom. The molecule has 2 aliphatic heterocycles. The summed E-state index contributed by atoms with van der Waals surface area (Å²) in [5.41, 5.74) is -1.37. The number of fused-ring (bicyclic) bond motifs is 4. The maximum Gasteiger partial charge on any atom is 0.193 e. The van der Waals surface area contributed by atoms with Crippen LogP contribution in [0.25, 0.3) is 0 Å². The molecular weight excluding hydrogens is 304 g/mol. The first-order valence-corrected chi connectivity index (χ1v) is 9.36. The van der Waals surface area contributed by atoms with E-state index in [2.05, 4.69) is 20.8 Å². The Morgan fingerprint density at radius 2 is 1.79 bits per heavy atom. The Morgan fingerprint density at radius 1 is 1.08 bits per heavy atom. The van der Waals surface area contributed by atoms with Crippen LogP contribution >= 0.6 is 0 Å². The van der Waals surface area contributed by atoms with Crippen LogP contribution in [0.2, 0.25) is 0 Å². The summed E-state index contributed by atoms with van der Waals surface area (Å²) in [5, 5.41) is 11.5. The Labute approximate surface area is 144 Å². The van der Waals surface area contributed by atoms with Gasteiger partial charge in [-0.1, -0.05) is 19.9 Å². The zero-order chi connectivity index (χ0) is 17.5. The highest BCUT2D eigenvalue weighted by molar-refractivity contribution is 6.03. The molecule has 4 heteroatoms. The topological polar surface area (TPSA) is 62.4 Å². The molecule has 4 rings (SSSR count). The van der Waals surface area contributed by atoms with Crippen LogP contribution in [0.5, 0.6) is 0 Å². The van der Waals surface area contributed by atoms with E-state index in [1.807, 2.05) is 19.9 Å². The molecule has 4 nitrogen and oxygen atoms in total. The Balaban J connectivity index is 1.74. The number of aliphatic hydroxyl groups is 1. The van der Waals surface area contributed by atoms with Crippen molar-refractivity contribution in [1.29, 1.82) is 0 Å². The van der Waals surface area contributed by atoms with Gasteiger partial charge in [0.1, 0.15) is 11.7 Å². The summed E-state index contributed by atoms with van der Waals surface area (Å²) in [6.07, 6.45) is 6.22. The molecule has 0 spiro atoms. The van der Waals surface area contributed by atoms with Gasteiger partial charge < -0.3 is 14.6 Å². The molecule has 0 aromatic heterocycles. The molecule has 0 aromatic carbocycles. The van der Waals surface area contributed by atoms with Crippen LogP contribution in [0.15, 0.2) is 11.6 Å². The number of ketones is 1. The Hall–Kier alpha value is -0.710. The fourth-order valence-corrected chi connectivity index (χ4v) is 5.07. The first kappa shape index (κ1) is 16.7. The lowest BCUT2D eigenvalue weighted by atomic mass is 9.56. The lowest BCUT2D eigenvalue weighted by Gasteiger charge is -2.51. The molecule has 2 heterocycles. The number of ether oxygens (including phenoxy) is 2. The number of carbonyl (C=O) groups is 1. The standard InChI is InChI=1S/C20H30O4/c1-12-6-7-13-15(21)16-19(4,24-16)9-8-14-18(3,23-14)11-10-17(12,2)20(13,5)22/h7,12,14,16,22H,6,8-11H2,1-5H3/t12-,14+,16-,17+,18+,19-,20+/m1/s1. The molecule has 24 heavy (non-hydrogen) atoms. The fourth-order valence-electron chi connectivity index (χ4n) is 5.07. The number of carbonyl (C=O) groups excluding carboxylic acids is 1. The van der Waals surface area contributed by atoms with Crippen molar-refractivity contribution in [2.24, 2.45) is 11.3 Å². The smallest absolute Gasteiger partial charge is 0.193 e. The molecule has 0 unspecified atom stereocenters. The first-order valence-electron chi connectivity index (χ1n) is 9.36. The summed E-state index contributed by atoms with van der Waals surface area (Å²) >= 11 is 0. The van der Waals surface area contributed by atoms with E-state index in [0.717, 1.165) is 32.1 Å². The minimum absolute atomic E-state index is 0.0133. The second-order valence-corrected chi connectivity index (χ2v) is 9.38. The minimum Gasteiger partial charge on any atom is -0.385 e. The van der Waals surface area contributed by atoms with Crippen molar-refractivity contribution in [3.63, 3.8) is 0 Å². The van der Waals surface area contributed by atoms with Crippen LogP contribution < -0.4 is 0 Å². The number of hydrogen-bond donors (Lipinski definition) is 1. The van der Waals surface area contributed by atoms with Gasteiger partial charge in [-0.25, -0.2) is 0 Å². The number of epoxide rings is 2. The molecule has 0 aromatic rings. The molecule has 134 valence electrons. The molecule has 2 aliphatic carbocycles. The number of Topliss-reactive ketones (excluding diaryl/α,β-unsaturated/α-hetero) is 1. The average molecular weight is 334 g/mol. The third-order valence-electron chi connectivity index (χ3n) is 7.87. The van der Waals surface area contributed by atoms with Crippen LogP contribution in [0.3, 0.4) is 0 Å². The second kappa shape index (κ2) is 4.72. The predicted molar refractivity (Wildman–Crippen MR) is 90.6 cm³/mol. The van der Waals surface area contributed by atoms with E-state index < -0.39 is 11.7 Å². The Kier molecular flexibility index (Phi) is 3.29. The third kappa shape index (κ3) is 2.12. The van der Waals surface area contributed by atoms with Crippen LogP contribution in [0, 0.1) is 11.3 Å². The van der Waals surface area contributed by atoms with Gasteiger partial charge in [0.25, 0.3) is 0 Å². The van der Waals surface area contributed by atoms with Crippen molar-refractivity contribution in [3.05, 3.63) is 11.6 Å². The Bertz CT molecular complexity index is 623. The number of allylic oxidation sites excluding steroid dienone is 1. The molecule has 0 radical (unpaired) electrons. The van der Waals surface area contributed by atoms with E-state index in [-0.39, 0.29) is 28.5 Å². The van der Waals surface area contributed by atoms with Crippen molar-refractivity contribution < 1.29 is 19.4 Å². The van der Waals surface area contributed by atoms with Crippen LogP contribution in [-0.2, 0) is 14.3 Å².